The topological polar surface area (TPSA) is 276 Å². The smallest absolute Gasteiger partial charge is 0.306 e. The molecule has 3 saturated heterocycles. The highest BCUT2D eigenvalue weighted by Gasteiger charge is 2.58. The van der Waals surface area contributed by atoms with Gasteiger partial charge in [-0.05, 0) is 42.1 Å². The second kappa shape index (κ2) is 24.3. The normalized spacial score (nSPS) is 33.0. The highest BCUT2D eigenvalue weighted by atomic mass is 28.4. The number of aliphatic hydroxyl groups is 7. The standard InChI is InChI=1S/C46H68O19Si/c1-26(48)21-22-33(50)63-40-31(25-59-66(46(3,4)5,28-16-10-7-11-17-28)29-18-12-8-13-19-29)62-45(58-23-15-9-14-20-32(49)57-6)42(65-43-38(55)36(53)34(51)27(2)60-43)41(40)64-44-39(56)37(54)35(52)30(24-47)61-44/h7-8,10-13,16-19,27,30-31,34-45,47,51-56H,9,14-15,20-25H2,1-6H3/t27-,30+,31+,34+,35+,36+,37-,38-,39+,40-,41-,42+,43+,44+,45+/m0/s1. The number of ether oxygens (including phenoxy) is 8. The number of methoxy groups -OCH3 is 1. The number of hydrogen-bond donors (Lipinski definition) is 7. The highest BCUT2D eigenvalue weighted by Crippen LogP contribution is 2.40. The Bertz CT molecular complexity index is 1780. The number of benzene rings is 2. The molecule has 3 aliphatic rings. The average molecular weight is 953 g/mol. The van der Waals surface area contributed by atoms with E-state index in [2.05, 4.69) is 20.8 Å². The first kappa shape index (κ1) is 53.7. The molecule has 0 radical (unpaired) electrons. The summed E-state index contributed by atoms with van der Waals surface area (Å²) in [7, 11) is -2.08. The maximum atomic E-state index is 13.8. The van der Waals surface area contributed by atoms with Gasteiger partial charge in [0.25, 0.3) is 8.32 Å². The predicted octanol–water partition coefficient (Wildman–Crippen LogP) is -0.283. The summed E-state index contributed by atoms with van der Waals surface area (Å²) in [5.41, 5.74) is 0. The third-order valence-electron chi connectivity index (χ3n) is 12.2. The van der Waals surface area contributed by atoms with Crippen molar-refractivity contribution < 1.29 is 92.5 Å². The van der Waals surface area contributed by atoms with Gasteiger partial charge in [0.2, 0.25) is 0 Å². The Kier molecular flexibility index (Phi) is 19.8. The van der Waals surface area contributed by atoms with Gasteiger partial charge in [0.15, 0.2) is 25.0 Å². The largest absolute Gasteiger partial charge is 0.469 e. The van der Waals surface area contributed by atoms with Crippen LogP contribution >= 0.6 is 0 Å². The highest BCUT2D eigenvalue weighted by molar-refractivity contribution is 6.99. The molecule has 0 saturated carbocycles. The van der Waals surface area contributed by atoms with Crippen LogP contribution in [-0.4, -0.2) is 181 Å². The van der Waals surface area contributed by atoms with Crippen LogP contribution in [0.1, 0.15) is 73.1 Å². The Hall–Kier alpha value is -3.29. The van der Waals surface area contributed by atoms with Gasteiger partial charge in [0, 0.05) is 19.4 Å². The fraction of sp³-hybridized carbons (Fsp3) is 0.674. The lowest BCUT2D eigenvalue weighted by molar-refractivity contribution is -0.390. The number of rotatable bonds is 21. The van der Waals surface area contributed by atoms with Crippen LogP contribution in [0.15, 0.2) is 60.7 Å². The molecule has 370 valence electrons. The van der Waals surface area contributed by atoms with Gasteiger partial charge in [0.05, 0.1) is 32.8 Å². The minimum atomic E-state index is -3.37. The summed E-state index contributed by atoms with van der Waals surface area (Å²) >= 11 is 0. The van der Waals surface area contributed by atoms with E-state index in [0.29, 0.717) is 19.3 Å². The minimum Gasteiger partial charge on any atom is -0.469 e. The predicted molar refractivity (Wildman–Crippen MR) is 234 cm³/mol. The van der Waals surface area contributed by atoms with Gasteiger partial charge >= 0.3 is 11.9 Å². The van der Waals surface area contributed by atoms with Crippen molar-refractivity contribution in [2.75, 3.05) is 26.9 Å². The second-order valence-corrected chi connectivity index (χ2v) is 22.3. The number of hydrogen-bond acceptors (Lipinski definition) is 19. The van der Waals surface area contributed by atoms with Crippen LogP contribution in [0.2, 0.25) is 5.04 Å². The molecule has 0 spiro atoms. The van der Waals surface area contributed by atoms with Gasteiger partial charge in [0.1, 0.15) is 66.8 Å². The molecule has 66 heavy (non-hydrogen) atoms. The maximum absolute atomic E-state index is 13.8. The van der Waals surface area contributed by atoms with Gasteiger partial charge in [-0.3, -0.25) is 9.59 Å². The molecule has 3 fully saturated rings. The Morgan fingerprint density at radius 3 is 1.76 bits per heavy atom. The van der Waals surface area contributed by atoms with Gasteiger partial charge < -0.3 is 82.9 Å². The van der Waals surface area contributed by atoms with Crippen molar-refractivity contribution in [2.24, 2.45) is 0 Å². The van der Waals surface area contributed by atoms with Crippen LogP contribution in [0.4, 0.5) is 0 Å². The van der Waals surface area contributed by atoms with E-state index in [4.69, 9.17) is 42.3 Å². The Morgan fingerprint density at radius 1 is 0.636 bits per heavy atom. The Balaban J connectivity index is 1.64. The molecule has 0 amide bonds. The summed E-state index contributed by atoms with van der Waals surface area (Å²) in [5.74, 6) is -1.55. The van der Waals surface area contributed by atoms with E-state index in [1.165, 1.54) is 21.0 Å². The van der Waals surface area contributed by atoms with Gasteiger partial charge in [-0.1, -0.05) is 87.9 Å². The number of Topliss-reactive ketones (excluding diaryl/α,β-unsaturated/α-hetero) is 1. The molecule has 7 N–H and O–H groups in total. The molecule has 2 aromatic rings. The fourth-order valence-corrected chi connectivity index (χ4v) is 13.1. The number of carbonyl (C=O) groups is 3. The first-order chi connectivity index (χ1) is 31.3. The lowest BCUT2D eigenvalue weighted by Gasteiger charge is -2.50. The van der Waals surface area contributed by atoms with Crippen molar-refractivity contribution in [3.8, 4) is 0 Å². The number of ketones is 1. The zero-order chi connectivity index (χ0) is 48.3. The number of esters is 2. The van der Waals surface area contributed by atoms with Crippen LogP contribution in [0.3, 0.4) is 0 Å². The van der Waals surface area contributed by atoms with Crippen LogP contribution in [0.25, 0.3) is 0 Å². The molecular weight excluding hydrogens is 885 g/mol. The average Bonchev–Trinajstić information content (AvgIpc) is 3.29. The van der Waals surface area contributed by atoms with Crippen molar-refractivity contribution in [3.63, 3.8) is 0 Å². The summed E-state index contributed by atoms with van der Waals surface area (Å²) in [6, 6.07) is 19.3. The van der Waals surface area contributed by atoms with E-state index in [1.807, 2.05) is 60.7 Å². The lowest BCUT2D eigenvalue weighted by atomic mass is 9.96. The molecular formula is C46H68O19Si. The molecule has 3 aliphatic heterocycles. The monoisotopic (exact) mass is 952 g/mol. The van der Waals surface area contributed by atoms with Crippen molar-refractivity contribution in [3.05, 3.63) is 60.7 Å². The Labute approximate surface area is 385 Å². The molecule has 5 rings (SSSR count). The molecule has 20 heteroatoms. The van der Waals surface area contributed by atoms with Crippen molar-refractivity contribution in [1.82, 2.24) is 0 Å². The zero-order valence-electron chi connectivity index (χ0n) is 38.3. The van der Waals surface area contributed by atoms with Gasteiger partial charge in [-0.15, -0.1) is 0 Å². The first-order valence-corrected chi connectivity index (χ1v) is 24.3. The van der Waals surface area contributed by atoms with E-state index in [9.17, 15) is 50.1 Å². The summed E-state index contributed by atoms with van der Waals surface area (Å²) in [6.45, 7) is 7.80. The van der Waals surface area contributed by atoms with Crippen molar-refractivity contribution >= 4 is 36.4 Å². The van der Waals surface area contributed by atoms with E-state index < -0.39 is 118 Å². The van der Waals surface area contributed by atoms with E-state index in [1.54, 1.807) is 0 Å². The van der Waals surface area contributed by atoms with E-state index >= 15 is 0 Å². The first-order valence-electron chi connectivity index (χ1n) is 22.4. The third-order valence-corrected chi connectivity index (χ3v) is 17.2. The zero-order valence-corrected chi connectivity index (χ0v) is 39.3. The van der Waals surface area contributed by atoms with Gasteiger partial charge in [-0.2, -0.15) is 0 Å². The molecule has 3 heterocycles. The summed E-state index contributed by atoms with van der Waals surface area (Å²) < 4.78 is 55.9. The third kappa shape index (κ3) is 12.9. The number of aliphatic hydroxyl groups excluding tert-OH is 7. The molecule has 15 atom stereocenters. The van der Waals surface area contributed by atoms with Crippen LogP contribution < -0.4 is 10.4 Å². The molecule has 0 aliphatic carbocycles. The SMILES string of the molecule is COC(=O)CCCCCO[C@@H]1O[C@H](CO[Si](c2ccccc2)(c2ccccc2)C(C)(C)C)[C@H](OC(=O)CCC(C)=O)[C@H](O[C@H]2O[C@H](CO)[C@@H](O)[C@H](O)[C@H]2O)[C@H]1O[C@H]1O[C@@H](C)[C@@H](O)[C@@H](O)[C@@H]1O. The van der Waals surface area contributed by atoms with Gasteiger partial charge in [-0.25, -0.2) is 0 Å². The summed E-state index contributed by atoms with van der Waals surface area (Å²) in [4.78, 5) is 37.7. The van der Waals surface area contributed by atoms with Crippen LogP contribution in [0, 0.1) is 0 Å². The van der Waals surface area contributed by atoms with Crippen LogP contribution in [-0.2, 0) is 56.7 Å². The molecule has 2 aromatic carbocycles. The maximum Gasteiger partial charge on any atom is 0.306 e. The van der Waals surface area contributed by atoms with Crippen molar-refractivity contribution in [2.45, 2.75) is 170 Å². The Morgan fingerprint density at radius 2 is 1.20 bits per heavy atom. The number of unbranched alkanes of at least 4 members (excludes halogenated alkanes) is 2. The molecule has 0 unspecified atom stereocenters. The summed E-state index contributed by atoms with van der Waals surface area (Å²) in [5, 5.41) is 76.8. The van der Waals surface area contributed by atoms with Crippen molar-refractivity contribution in [1.29, 1.82) is 0 Å². The van der Waals surface area contributed by atoms with E-state index in [-0.39, 0.29) is 44.2 Å². The fourth-order valence-electron chi connectivity index (χ4n) is 8.51. The van der Waals surface area contributed by atoms with Crippen LogP contribution in [0.5, 0.6) is 0 Å². The molecule has 19 nitrogen and oxygen atoms in total. The molecule has 0 bridgehead atoms. The minimum absolute atomic E-state index is 0.0182. The second-order valence-electron chi connectivity index (χ2n) is 18.0. The quantitative estimate of drug-likeness (QED) is 0.0482. The number of carbonyl (C=O) groups excluding carboxylic acids is 3. The molecule has 0 aromatic heterocycles. The van der Waals surface area contributed by atoms with E-state index in [0.717, 1.165) is 10.4 Å². The summed E-state index contributed by atoms with van der Waals surface area (Å²) in [6.07, 6.45) is -23.6. The lowest BCUT2D eigenvalue weighted by Crippen LogP contribution is -2.70.